The van der Waals surface area contributed by atoms with E-state index in [0.29, 0.717) is 5.92 Å². The van der Waals surface area contributed by atoms with Crippen molar-refractivity contribution in [1.82, 2.24) is 0 Å². The molecule has 1 aromatic rings. The molecule has 0 aliphatic carbocycles. The first kappa shape index (κ1) is 13.7. The first-order chi connectivity index (χ1) is 7.02. The Bertz CT molecular complexity index is 345. The zero-order valence-electron chi connectivity index (χ0n) is 9.40. The van der Waals surface area contributed by atoms with Crippen molar-refractivity contribution < 1.29 is 10.2 Å². The van der Waals surface area contributed by atoms with Gasteiger partial charge in [-0.25, -0.2) is 0 Å². The van der Waals surface area contributed by atoms with Gasteiger partial charge in [0.1, 0.15) is 0 Å². The van der Waals surface area contributed by atoms with Crippen molar-refractivity contribution in [2.75, 3.05) is 6.61 Å². The summed E-state index contributed by atoms with van der Waals surface area (Å²) in [5.41, 5.74) is 0.636. The molecule has 15 heavy (non-hydrogen) atoms. The third-order valence-corrected chi connectivity index (χ3v) is 1.76. The van der Waals surface area contributed by atoms with Gasteiger partial charge in [0.05, 0.1) is 0 Å². The number of aliphatic hydroxyl groups is 1. The van der Waals surface area contributed by atoms with Crippen LogP contribution in [0, 0.1) is 0 Å². The maximum atomic E-state index is 10.9. The van der Waals surface area contributed by atoms with Crippen molar-refractivity contribution >= 4 is 0 Å². The highest BCUT2D eigenvalue weighted by molar-refractivity contribution is 5.27. The van der Waals surface area contributed by atoms with Crippen LogP contribution in [0.5, 0.6) is 5.75 Å². The fourth-order valence-electron chi connectivity index (χ4n) is 0.968. The van der Waals surface area contributed by atoms with Crippen molar-refractivity contribution in [2.45, 2.75) is 26.7 Å². The Balaban J connectivity index is 0.000000583. The van der Waals surface area contributed by atoms with Crippen LogP contribution in [0.1, 0.15) is 32.3 Å². The van der Waals surface area contributed by atoms with Gasteiger partial charge >= 0.3 is 0 Å². The number of aliphatic hydroxyl groups excluding tert-OH is 1. The Morgan fingerprint density at radius 3 is 2.33 bits per heavy atom. The van der Waals surface area contributed by atoms with E-state index >= 15 is 0 Å². The van der Waals surface area contributed by atoms with Gasteiger partial charge < -0.3 is 10.2 Å². The summed E-state index contributed by atoms with van der Waals surface area (Å²) in [6, 6.07) is 6.39. The van der Waals surface area contributed by atoms with Gasteiger partial charge in [0.15, 0.2) is 5.75 Å². The molecular formula is C12H18O3. The maximum absolute atomic E-state index is 10.9. The second-order valence-electron chi connectivity index (χ2n) is 3.39. The van der Waals surface area contributed by atoms with Crippen LogP contribution in [0.25, 0.3) is 0 Å². The minimum absolute atomic E-state index is 0.177. The number of hydrogen-bond acceptors (Lipinski definition) is 3. The molecule has 0 unspecified atom stereocenters. The average Bonchev–Trinajstić information content (AvgIpc) is 2.31. The highest BCUT2D eigenvalue weighted by Gasteiger charge is 1.99. The van der Waals surface area contributed by atoms with Crippen LogP contribution in [-0.2, 0) is 0 Å². The van der Waals surface area contributed by atoms with Crippen LogP contribution < -0.4 is 5.43 Å². The summed E-state index contributed by atoms with van der Waals surface area (Å²) in [7, 11) is 0. The Kier molecular flexibility index (Phi) is 6.38. The lowest BCUT2D eigenvalue weighted by atomic mass is 10.1. The van der Waals surface area contributed by atoms with Gasteiger partial charge in [-0.05, 0) is 30.5 Å². The van der Waals surface area contributed by atoms with E-state index in [0.717, 1.165) is 5.56 Å². The lowest BCUT2D eigenvalue weighted by molar-refractivity contribution is 0.318. The van der Waals surface area contributed by atoms with Gasteiger partial charge in [-0.2, -0.15) is 0 Å². The van der Waals surface area contributed by atoms with Gasteiger partial charge in [0.2, 0.25) is 5.43 Å². The molecule has 0 radical (unpaired) electrons. The monoisotopic (exact) mass is 210 g/mol. The van der Waals surface area contributed by atoms with E-state index in [1.165, 1.54) is 12.1 Å². The Morgan fingerprint density at radius 1 is 1.33 bits per heavy atom. The molecule has 3 heteroatoms. The van der Waals surface area contributed by atoms with E-state index < -0.39 is 0 Å². The standard InChI is InChI=1S/C10H12O2.C2H6O/c1-7(2)8-4-3-5-9(11)10(12)6-8;1-2-3/h3-7H,1-2H3,(H,11,12);3H,2H2,1H3. The largest absolute Gasteiger partial charge is 0.504 e. The van der Waals surface area contributed by atoms with Crippen molar-refractivity contribution in [1.29, 1.82) is 0 Å². The molecule has 0 saturated heterocycles. The Labute approximate surface area is 90.0 Å². The van der Waals surface area contributed by atoms with Gasteiger partial charge in [0, 0.05) is 6.61 Å². The minimum atomic E-state index is -0.332. The molecular weight excluding hydrogens is 192 g/mol. The number of hydrogen-bond donors (Lipinski definition) is 2. The number of aromatic hydroxyl groups is 1. The second kappa shape index (κ2) is 7.01. The quantitative estimate of drug-likeness (QED) is 0.744. The lowest BCUT2D eigenvalue weighted by Gasteiger charge is -2.00. The summed E-state index contributed by atoms with van der Waals surface area (Å²) in [4.78, 5) is 10.9. The molecule has 2 N–H and O–H groups in total. The van der Waals surface area contributed by atoms with Crippen LogP contribution in [-0.4, -0.2) is 16.8 Å². The molecule has 3 nitrogen and oxygen atoms in total. The highest BCUT2D eigenvalue weighted by atomic mass is 16.3. The third-order valence-electron chi connectivity index (χ3n) is 1.76. The van der Waals surface area contributed by atoms with E-state index in [-0.39, 0.29) is 17.8 Å². The molecule has 1 aromatic carbocycles. The second-order valence-corrected chi connectivity index (χ2v) is 3.39. The third kappa shape index (κ3) is 5.18. The normalized spacial score (nSPS) is 9.40. The van der Waals surface area contributed by atoms with E-state index in [1.54, 1.807) is 13.0 Å². The van der Waals surface area contributed by atoms with E-state index in [9.17, 15) is 9.90 Å². The molecule has 0 atom stereocenters. The van der Waals surface area contributed by atoms with Crippen LogP contribution in [0.15, 0.2) is 29.1 Å². The summed E-state index contributed by atoms with van der Waals surface area (Å²) < 4.78 is 0. The molecule has 0 bridgehead atoms. The van der Waals surface area contributed by atoms with Crippen LogP contribution in [0.4, 0.5) is 0 Å². The molecule has 1 rings (SSSR count). The predicted octanol–water partition coefficient (Wildman–Crippen LogP) is 1.87. The molecule has 0 spiro atoms. The van der Waals surface area contributed by atoms with Crippen molar-refractivity contribution in [3.8, 4) is 5.75 Å². The maximum Gasteiger partial charge on any atom is 0.220 e. The summed E-state index contributed by atoms with van der Waals surface area (Å²) in [5, 5.41) is 16.8. The van der Waals surface area contributed by atoms with Gasteiger partial charge in [0.25, 0.3) is 0 Å². The Hall–Kier alpha value is -1.35. The van der Waals surface area contributed by atoms with Crippen LogP contribution >= 0.6 is 0 Å². The number of rotatable bonds is 1. The zero-order chi connectivity index (χ0) is 11.8. The van der Waals surface area contributed by atoms with Crippen molar-refractivity contribution in [3.63, 3.8) is 0 Å². The summed E-state index contributed by atoms with van der Waals surface area (Å²) in [5.74, 6) is 0.145. The summed E-state index contributed by atoms with van der Waals surface area (Å²) in [6.45, 7) is 5.96. The van der Waals surface area contributed by atoms with Crippen molar-refractivity contribution in [3.05, 3.63) is 40.1 Å². The molecule has 0 amide bonds. The van der Waals surface area contributed by atoms with Gasteiger partial charge in [-0.3, -0.25) is 4.79 Å². The smallest absolute Gasteiger partial charge is 0.220 e. The molecule has 0 aromatic heterocycles. The van der Waals surface area contributed by atoms with Gasteiger partial charge in [-0.15, -0.1) is 0 Å². The topological polar surface area (TPSA) is 57.5 Å². The predicted molar refractivity (Wildman–Crippen MR) is 61.2 cm³/mol. The fraction of sp³-hybridized carbons (Fsp3) is 0.417. The van der Waals surface area contributed by atoms with E-state index in [1.807, 2.05) is 19.9 Å². The van der Waals surface area contributed by atoms with E-state index in [2.05, 4.69) is 0 Å². The Morgan fingerprint density at radius 2 is 1.87 bits per heavy atom. The van der Waals surface area contributed by atoms with Crippen LogP contribution in [0.2, 0.25) is 0 Å². The molecule has 0 fully saturated rings. The molecule has 0 heterocycles. The summed E-state index contributed by atoms with van der Waals surface area (Å²) in [6.07, 6.45) is 0. The fourth-order valence-corrected chi connectivity index (χ4v) is 0.968. The minimum Gasteiger partial charge on any atom is -0.504 e. The lowest BCUT2D eigenvalue weighted by Crippen LogP contribution is -1.92. The van der Waals surface area contributed by atoms with Gasteiger partial charge in [-0.1, -0.05) is 26.0 Å². The highest BCUT2D eigenvalue weighted by Crippen LogP contribution is 2.14. The molecule has 0 aliphatic heterocycles. The first-order valence-electron chi connectivity index (χ1n) is 4.97. The average molecular weight is 210 g/mol. The summed E-state index contributed by atoms with van der Waals surface area (Å²) >= 11 is 0. The SMILES string of the molecule is CC(C)c1cccc(=O)c(O)c1.CCO. The zero-order valence-corrected chi connectivity index (χ0v) is 9.40. The van der Waals surface area contributed by atoms with E-state index in [4.69, 9.17) is 5.11 Å². The molecule has 84 valence electrons. The van der Waals surface area contributed by atoms with Crippen LogP contribution in [0.3, 0.4) is 0 Å². The first-order valence-corrected chi connectivity index (χ1v) is 4.97. The molecule has 0 aliphatic rings. The molecule has 0 saturated carbocycles. The van der Waals surface area contributed by atoms with Crippen molar-refractivity contribution in [2.24, 2.45) is 0 Å².